The number of likely N-dealkylation sites (tertiary alicyclic amines) is 1. The zero-order valence-corrected chi connectivity index (χ0v) is 16.1. The normalized spacial score (nSPS) is 15.7. The summed E-state index contributed by atoms with van der Waals surface area (Å²) in [5.74, 6) is 1.65. The molecule has 4 heteroatoms. The molecule has 26 heavy (non-hydrogen) atoms. The number of piperidine rings is 1. The van der Waals surface area contributed by atoms with Crippen molar-refractivity contribution in [3.05, 3.63) is 53.6 Å². The number of hydrogen-bond acceptors (Lipinski definition) is 4. The minimum Gasteiger partial charge on any atom is -0.497 e. The maximum absolute atomic E-state index is 5.50. The SMILES string of the molecule is CCc1ccc(CN2CCC(Nc3ccc(OC)cc3OC)CC2)cc1. The lowest BCUT2D eigenvalue weighted by Crippen LogP contribution is -2.38. The van der Waals surface area contributed by atoms with E-state index in [0.29, 0.717) is 6.04 Å². The Labute approximate surface area is 157 Å². The number of anilines is 1. The predicted octanol–water partition coefficient (Wildman–Crippen LogP) is 4.34. The third kappa shape index (κ3) is 4.70. The topological polar surface area (TPSA) is 33.7 Å². The van der Waals surface area contributed by atoms with Gasteiger partial charge in [-0.15, -0.1) is 0 Å². The highest BCUT2D eigenvalue weighted by atomic mass is 16.5. The molecule has 0 bridgehead atoms. The average Bonchev–Trinajstić information content (AvgIpc) is 2.70. The van der Waals surface area contributed by atoms with Crippen LogP contribution in [0.2, 0.25) is 0 Å². The molecule has 1 N–H and O–H groups in total. The summed E-state index contributed by atoms with van der Waals surface area (Å²) >= 11 is 0. The molecule has 0 saturated carbocycles. The van der Waals surface area contributed by atoms with Gasteiger partial charge in [0.05, 0.1) is 19.9 Å². The van der Waals surface area contributed by atoms with Gasteiger partial charge < -0.3 is 14.8 Å². The van der Waals surface area contributed by atoms with Crippen LogP contribution in [0.4, 0.5) is 5.69 Å². The van der Waals surface area contributed by atoms with Crippen LogP contribution in [0.25, 0.3) is 0 Å². The summed E-state index contributed by atoms with van der Waals surface area (Å²) in [6, 6.07) is 15.5. The van der Waals surface area contributed by atoms with E-state index in [4.69, 9.17) is 9.47 Å². The van der Waals surface area contributed by atoms with Gasteiger partial charge in [0.1, 0.15) is 11.5 Å². The van der Waals surface area contributed by atoms with Crippen LogP contribution in [-0.2, 0) is 13.0 Å². The fourth-order valence-corrected chi connectivity index (χ4v) is 3.51. The Morgan fingerprint density at radius 3 is 2.27 bits per heavy atom. The summed E-state index contributed by atoms with van der Waals surface area (Å²) < 4.78 is 10.8. The third-order valence-electron chi connectivity index (χ3n) is 5.19. The van der Waals surface area contributed by atoms with Crippen LogP contribution in [0.5, 0.6) is 11.5 Å². The molecule has 2 aromatic rings. The van der Waals surface area contributed by atoms with E-state index in [1.54, 1.807) is 14.2 Å². The van der Waals surface area contributed by atoms with Crippen LogP contribution in [-0.4, -0.2) is 38.3 Å². The van der Waals surface area contributed by atoms with Crippen molar-refractivity contribution in [3.63, 3.8) is 0 Å². The predicted molar refractivity (Wildman–Crippen MR) is 107 cm³/mol. The highest BCUT2D eigenvalue weighted by molar-refractivity contribution is 5.59. The molecule has 0 amide bonds. The number of nitrogens with zero attached hydrogens (tertiary/aromatic N) is 1. The molecule has 0 atom stereocenters. The standard InChI is InChI=1S/C22H30N2O2/c1-4-17-5-7-18(8-6-17)16-24-13-11-19(12-14-24)23-21-10-9-20(25-2)15-22(21)26-3/h5-10,15,19,23H,4,11-14,16H2,1-3H3. The largest absolute Gasteiger partial charge is 0.497 e. The molecule has 2 aromatic carbocycles. The number of hydrogen-bond donors (Lipinski definition) is 1. The van der Waals surface area contributed by atoms with Crippen LogP contribution >= 0.6 is 0 Å². The lowest BCUT2D eigenvalue weighted by atomic mass is 10.0. The minimum absolute atomic E-state index is 0.482. The second kappa shape index (κ2) is 8.95. The number of methoxy groups -OCH3 is 2. The van der Waals surface area contributed by atoms with E-state index in [-0.39, 0.29) is 0 Å². The molecule has 1 aliphatic rings. The van der Waals surface area contributed by atoms with E-state index in [2.05, 4.69) is 41.4 Å². The van der Waals surface area contributed by atoms with Crippen molar-refractivity contribution in [2.45, 2.75) is 38.8 Å². The lowest BCUT2D eigenvalue weighted by molar-refractivity contribution is 0.211. The highest BCUT2D eigenvalue weighted by Gasteiger charge is 2.20. The van der Waals surface area contributed by atoms with Crippen molar-refractivity contribution in [2.75, 3.05) is 32.6 Å². The number of benzene rings is 2. The molecule has 0 aliphatic carbocycles. The molecule has 0 spiro atoms. The first kappa shape index (κ1) is 18.6. The Hall–Kier alpha value is -2.20. The van der Waals surface area contributed by atoms with Crippen molar-refractivity contribution in [3.8, 4) is 11.5 Å². The van der Waals surface area contributed by atoms with Gasteiger partial charge in [0.15, 0.2) is 0 Å². The molecule has 1 aliphatic heterocycles. The lowest BCUT2D eigenvalue weighted by Gasteiger charge is -2.33. The average molecular weight is 354 g/mol. The second-order valence-corrected chi connectivity index (χ2v) is 6.93. The fourth-order valence-electron chi connectivity index (χ4n) is 3.51. The quantitative estimate of drug-likeness (QED) is 0.802. The Kier molecular flexibility index (Phi) is 6.40. The maximum atomic E-state index is 5.50. The summed E-state index contributed by atoms with van der Waals surface area (Å²) in [7, 11) is 3.37. The zero-order valence-electron chi connectivity index (χ0n) is 16.1. The number of rotatable bonds is 7. The highest BCUT2D eigenvalue weighted by Crippen LogP contribution is 2.30. The van der Waals surface area contributed by atoms with Crippen LogP contribution in [0.15, 0.2) is 42.5 Å². The van der Waals surface area contributed by atoms with Gasteiger partial charge in [0, 0.05) is 31.7 Å². The van der Waals surface area contributed by atoms with Gasteiger partial charge in [-0.1, -0.05) is 31.2 Å². The van der Waals surface area contributed by atoms with Crippen LogP contribution in [0.1, 0.15) is 30.9 Å². The molecular formula is C22H30N2O2. The van der Waals surface area contributed by atoms with Crippen LogP contribution < -0.4 is 14.8 Å². The first-order valence-corrected chi connectivity index (χ1v) is 9.50. The molecule has 0 unspecified atom stereocenters. The van der Waals surface area contributed by atoms with Crippen LogP contribution in [0.3, 0.4) is 0 Å². The third-order valence-corrected chi connectivity index (χ3v) is 5.19. The van der Waals surface area contributed by atoms with Gasteiger partial charge in [-0.2, -0.15) is 0 Å². The van der Waals surface area contributed by atoms with E-state index in [9.17, 15) is 0 Å². The van der Waals surface area contributed by atoms with Crippen molar-refractivity contribution in [1.82, 2.24) is 4.90 Å². The van der Waals surface area contributed by atoms with Gasteiger partial charge in [-0.05, 0) is 42.5 Å². The van der Waals surface area contributed by atoms with Gasteiger partial charge >= 0.3 is 0 Å². The maximum Gasteiger partial charge on any atom is 0.145 e. The van der Waals surface area contributed by atoms with E-state index in [0.717, 1.165) is 56.1 Å². The first-order valence-electron chi connectivity index (χ1n) is 9.50. The van der Waals surface area contributed by atoms with E-state index in [1.165, 1.54) is 11.1 Å². The van der Waals surface area contributed by atoms with Gasteiger partial charge in [-0.3, -0.25) is 4.90 Å². The summed E-state index contributed by atoms with van der Waals surface area (Å²) in [6.07, 6.45) is 3.39. The van der Waals surface area contributed by atoms with E-state index < -0.39 is 0 Å². The number of ether oxygens (including phenoxy) is 2. The number of nitrogens with one attached hydrogen (secondary N) is 1. The monoisotopic (exact) mass is 354 g/mol. The second-order valence-electron chi connectivity index (χ2n) is 6.93. The first-order chi connectivity index (χ1) is 12.7. The molecule has 140 valence electrons. The molecule has 1 heterocycles. The molecule has 0 radical (unpaired) electrons. The Balaban J connectivity index is 1.52. The minimum atomic E-state index is 0.482. The van der Waals surface area contributed by atoms with Crippen molar-refractivity contribution in [1.29, 1.82) is 0 Å². The van der Waals surface area contributed by atoms with Crippen molar-refractivity contribution in [2.24, 2.45) is 0 Å². The molecule has 4 nitrogen and oxygen atoms in total. The summed E-state index contributed by atoms with van der Waals surface area (Å²) in [5, 5.41) is 3.64. The Morgan fingerprint density at radius 2 is 1.65 bits per heavy atom. The smallest absolute Gasteiger partial charge is 0.145 e. The van der Waals surface area contributed by atoms with E-state index in [1.807, 2.05) is 18.2 Å². The summed E-state index contributed by atoms with van der Waals surface area (Å²) in [6.45, 7) is 5.48. The fraction of sp³-hybridized carbons (Fsp3) is 0.455. The Bertz CT molecular complexity index is 692. The Morgan fingerprint density at radius 1 is 0.962 bits per heavy atom. The van der Waals surface area contributed by atoms with Crippen LogP contribution in [0, 0.1) is 0 Å². The molecule has 3 rings (SSSR count). The van der Waals surface area contributed by atoms with Gasteiger partial charge in [-0.25, -0.2) is 0 Å². The molecule has 1 saturated heterocycles. The van der Waals surface area contributed by atoms with Crippen molar-refractivity contribution < 1.29 is 9.47 Å². The molecular weight excluding hydrogens is 324 g/mol. The van der Waals surface area contributed by atoms with Crippen molar-refractivity contribution >= 4 is 5.69 Å². The molecule has 1 fully saturated rings. The van der Waals surface area contributed by atoms with E-state index >= 15 is 0 Å². The van der Waals surface area contributed by atoms with Gasteiger partial charge in [0.2, 0.25) is 0 Å². The number of aryl methyl sites for hydroxylation is 1. The summed E-state index contributed by atoms with van der Waals surface area (Å²) in [4.78, 5) is 2.55. The summed E-state index contributed by atoms with van der Waals surface area (Å²) in [5.41, 5.74) is 3.86. The molecule has 0 aromatic heterocycles. The zero-order chi connectivity index (χ0) is 18.4. The van der Waals surface area contributed by atoms with Gasteiger partial charge in [0.25, 0.3) is 0 Å².